The summed E-state index contributed by atoms with van der Waals surface area (Å²) in [5.74, 6) is 1.41. The van der Waals surface area contributed by atoms with Crippen LogP contribution < -0.4 is 5.32 Å². The number of nitrogens with one attached hydrogen (secondary N) is 1. The second-order valence-corrected chi connectivity index (χ2v) is 6.73. The molecule has 0 atom stereocenters. The van der Waals surface area contributed by atoms with Crippen LogP contribution >= 0.6 is 11.6 Å². The van der Waals surface area contributed by atoms with E-state index in [0.717, 1.165) is 34.5 Å². The zero-order chi connectivity index (χ0) is 19.2. The zero-order valence-electron chi connectivity index (χ0n) is 15.8. The third-order valence-corrected chi connectivity index (χ3v) is 4.34. The van der Waals surface area contributed by atoms with E-state index in [2.05, 4.69) is 20.2 Å². The topological polar surface area (TPSA) is 58.6 Å². The molecule has 2 heterocycles. The van der Waals surface area contributed by atoms with Crippen LogP contribution in [-0.2, 0) is 20.1 Å². The highest BCUT2D eigenvalue weighted by Gasteiger charge is 2.11. The van der Waals surface area contributed by atoms with Crippen LogP contribution in [0.2, 0.25) is 5.02 Å². The lowest BCUT2D eigenvalue weighted by atomic mass is 10.2. The van der Waals surface area contributed by atoms with Crippen LogP contribution in [0.15, 0.2) is 58.3 Å². The van der Waals surface area contributed by atoms with Gasteiger partial charge >= 0.3 is 0 Å². The molecule has 0 aliphatic heterocycles. The fourth-order valence-electron chi connectivity index (χ4n) is 2.76. The Bertz CT molecular complexity index is 900. The maximum absolute atomic E-state index is 6.08. The Balaban J connectivity index is 1.70. The number of guanidine groups is 1. The fraction of sp³-hybridized carbons (Fsp3) is 0.300. The van der Waals surface area contributed by atoms with Gasteiger partial charge in [0.1, 0.15) is 12.0 Å². The smallest absolute Gasteiger partial charge is 0.226 e. The Morgan fingerprint density at radius 3 is 2.78 bits per heavy atom. The van der Waals surface area contributed by atoms with Crippen molar-refractivity contribution < 1.29 is 4.42 Å². The fourth-order valence-corrected chi connectivity index (χ4v) is 3.03. The van der Waals surface area contributed by atoms with E-state index in [1.165, 1.54) is 0 Å². The lowest BCUT2D eigenvalue weighted by molar-refractivity contribution is 0.461. The predicted octanol–water partition coefficient (Wildman–Crippen LogP) is 3.93. The van der Waals surface area contributed by atoms with E-state index >= 15 is 0 Å². The minimum atomic E-state index is 0.441. The molecule has 0 radical (unpaired) electrons. The number of hydrogen-bond acceptors (Lipinski definition) is 3. The van der Waals surface area contributed by atoms with Crippen molar-refractivity contribution in [2.45, 2.75) is 20.0 Å². The molecule has 1 aromatic carbocycles. The summed E-state index contributed by atoms with van der Waals surface area (Å²) in [7, 11) is 3.99. The van der Waals surface area contributed by atoms with Crippen molar-refractivity contribution in [1.29, 1.82) is 0 Å². The van der Waals surface area contributed by atoms with Crippen LogP contribution in [0.1, 0.15) is 18.3 Å². The first-order valence-electron chi connectivity index (χ1n) is 8.87. The van der Waals surface area contributed by atoms with E-state index in [4.69, 9.17) is 16.0 Å². The number of hydrogen-bond donors (Lipinski definition) is 1. The van der Waals surface area contributed by atoms with E-state index in [0.29, 0.717) is 19.0 Å². The molecule has 0 aliphatic carbocycles. The van der Waals surface area contributed by atoms with Crippen molar-refractivity contribution >= 4 is 17.6 Å². The molecule has 27 heavy (non-hydrogen) atoms. The first-order chi connectivity index (χ1) is 13.1. The highest BCUT2D eigenvalue weighted by Crippen LogP contribution is 2.18. The molecule has 1 N–H and O–H groups in total. The normalized spacial score (nSPS) is 11.6. The van der Waals surface area contributed by atoms with Crippen LogP contribution in [0.4, 0.5) is 0 Å². The molecular weight excluding hydrogens is 362 g/mol. The number of rotatable bonds is 6. The van der Waals surface area contributed by atoms with Gasteiger partial charge in [-0.2, -0.15) is 0 Å². The first-order valence-corrected chi connectivity index (χ1v) is 9.24. The Morgan fingerprint density at radius 1 is 1.33 bits per heavy atom. The van der Waals surface area contributed by atoms with Crippen LogP contribution in [0.25, 0.3) is 11.5 Å². The molecule has 0 saturated carbocycles. The van der Waals surface area contributed by atoms with Crippen molar-refractivity contribution in [3.8, 4) is 11.5 Å². The van der Waals surface area contributed by atoms with Gasteiger partial charge in [-0.3, -0.25) is 0 Å². The highest BCUT2D eigenvalue weighted by atomic mass is 35.5. The SMILES string of the molecule is CCNC(=NCc1coc(-c2ccccc2)n1)N(C)Cc1cc(Cl)cn1C. The van der Waals surface area contributed by atoms with Gasteiger partial charge in [0.25, 0.3) is 0 Å². The van der Waals surface area contributed by atoms with Crippen molar-refractivity contribution in [2.75, 3.05) is 13.6 Å². The second-order valence-electron chi connectivity index (χ2n) is 6.30. The predicted molar refractivity (Wildman–Crippen MR) is 109 cm³/mol. The van der Waals surface area contributed by atoms with Crippen LogP contribution in [-0.4, -0.2) is 34.0 Å². The van der Waals surface area contributed by atoms with Crippen LogP contribution in [0, 0.1) is 0 Å². The van der Waals surface area contributed by atoms with Gasteiger partial charge in [-0.15, -0.1) is 0 Å². The molecule has 3 aromatic rings. The molecule has 6 nitrogen and oxygen atoms in total. The third-order valence-electron chi connectivity index (χ3n) is 4.13. The molecule has 142 valence electrons. The molecule has 0 aliphatic rings. The Labute approximate surface area is 164 Å². The van der Waals surface area contributed by atoms with Crippen molar-refractivity contribution in [3.63, 3.8) is 0 Å². The van der Waals surface area contributed by atoms with Crippen LogP contribution in [0.3, 0.4) is 0 Å². The molecule has 0 unspecified atom stereocenters. The van der Waals surface area contributed by atoms with Gasteiger partial charge in [0.2, 0.25) is 5.89 Å². The zero-order valence-corrected chi connectivity index (χ0v) is 16.6. The molecule has 2 aromatic heterocycles. The molecule has 0 saturated heterocycles. The summed E-state index contributed by atoms with van der Waals surface area (Å²) < 4.78 is 7.61. The summed E-state index contributed by atoms with van der Waals surface area (Å²) in [5.41, 5.74) is 2.86. The summed E-state index contributed by atoms with van der Waals surface area (Å²) >= 11 is 6.08. The van der Waals surface area contributed by atoms with Gasteiger partial charge in [-0.1, -0.05) is 29.8 Å². The van der Waals surface area contributed by atoms with Gasteiger partial charge < -0.3 is 19.2 Å². The Hall–Kier alpha value is -2.73. The number of nitrogens with zero attached hydrogens (tertiary/aromatic N) is 4. The number of benzene rings is 1. The molecule has 0 amide bonds. The Kier molecular flexibility index (Phi) is 6.19. The molecular formula is C20H24ClN5O. The molecule has 7 heteroatoms. The standard InChI is InChI=1S/C20H24ClN5O/c1-4-22-20(26(3)13-18-10-16(21)12-25(18)2)23-11-17-14-27-19(24-17)15-8-6-5-7-9-15/h5-10,12,14H,4,11,13H2,1-3H3,(H,22,23). The maximum Gasteiger partial charge on any atom is 0.226 e. The number of oxazole rings is 1. The van der Waals surface area contributed by atoms with E-state index < -0.39 is 0 Å². The molecule has 3 rings (SSSR count). The number of aliphatic imine (C=N–C) groups is 1. The molecule has 0 bridgehead atoms. The number of halogens is 1. The molecule has 0 fully saturated rings. The van der Waals surface area contributed by atoms with E-state index in [1.54, 1.807) is 6.26 Å². The Morgan fingerprint density at radius 2 is 2.11 bits per heavy atom. The van der Waals surface area contributed by atoms with Gasteiger partial charge in [0.05, 0.1) is 18.1 Å². The molecule has 0 spiro atoms. The summed E-state index contributed by atoms with van der Waals surface area (Å²) in [6.07, 6.45) is 3.56. The van der Waals surface area contributed by atoms with Crippen molar-refractivity contribution in [2.24, 2.45) is 12.0 Å². The second kappa shape index (κ2) is 8.77. The van der Waals surface area contributed by atoms with Gasteiger partial charge in [-0.05, 0) is 25.1 Å². The highest BCUT2D eigenvalue weighted by molar-refractivity contribution is 6.30. The van der Waals surface area contributed by atoms with Gasteiger partial charge in [0, 0.05) is 38.1 Å². The summed E-state index contributed by atoms with van der Waals surface area (Å²) in [6.45, 7) is 3.97. The average molecular weight is 386 g/mol. The monoisotopic (exact) mass is 385 g/mol. The minimum absolute atomic E-state index is 0.441. The summed E-state index contributed by atoms with van der Waals surface area (Å²) in [6, 6.07) is 11.8. The minimum Gasteiger partial charge on any atom is -0.444 e. The van der Waals surface area contributed by atoms with Crippen LogP contribution in [0.5, 0.6) is 0 Å². The van der Waals surface area contributed by atoms with E-state index in [9.17, 15) is 0 Å². The van der Waals surface area contributed by atoms with Gasteiger partial charge in [-0.25, -0.2) is 9.98 Å². The van der Waals surface area contributed by atoms with E-state index in [1.807, 2.05) is 68.2 Å². The number of aryl methyl sites for hydroxylation is 1. The lowest BCUT2D eigenvalue weighted by Crippen LogP contribution is -2.38. The summed E-state index contributed by atoms with van der Waals surface area (Å²) in [4.78, 5) is 11.3. The average Bonchev–Trinajstić information content (AvgIpc) is 3.25. The lowest BCUT2D eigenvalue weighted by Gasteiger charge is -2.22. The van der Waals surface area contributed by atoms with Crippen molar-refractivity contribution in [3.05, 3.63) is 65.3 Å². The van der Waals surface area contributed by atoms with E-state index in [-0.39, 0.29) is 0 Å². The largest absolute Gasteiger partial charge is 0.444 e. The maximum atomic E-state index is 6.08. The quantitative estimate of drug-likeness (QED) is 0.516. The van der Waals surface area contributed by atoms with Crippen molar-refractivity contribution in [1.82, 2.24) is 19.8 Å². The van der Waals surface area contributed by atoms with Gasteiger partial charge in [0.15, 0.2) is 5.96 Å². The third kappa shape index (κ3) is 4.92. The summed E-state index contributed by atoms with van der Waals surface area (Å²) in [5, 5.41) is 4.05. The first kappa shape index (κ1) is 19.0. The number of aromatic nitrogens is 2.